The van der Waals surface area contributed by atoms with E-state index in [9.17, 15) is 9.59 Å². The number of anilines is 1. The van der Waals surface area contributed by atoms with E-state index in [1.165, 1.54) is 0 Å². The summed E-state index contributed by atoms with van der Waals surface area (Å²) in [7, 11) is 0. The van der Waals surface area contributed by atoms with Crippen LogP contribution in [0.25, 0.3) is 0 Å². The molecule has 0 aliphatic rings. The summed E-state index contributed by atoms with van der Waals surface area (Å²) < 4.78 is 4.96. The molecule has 1 aromatic carbocycles. The van der Waals surface area contributed by atoms with Gasteiger partial charge in [-0.2, -0.15) is 0 Å². The smallest absolute Gasteiger partial charge is 0.338 e. The van der Waals surface area contributed by atoms with Crippen molar-refractivity contribution in [2.45, 2.75) is 20.3 Å². The van der Waals surface area contributed by atoms with Crippen molar-refractivity contribution in [2.75, 3.05) is 11.9 Å². The summed E-state index contributed by atoms with van der Waals surface area (Å²) in [6, 6.07) is 8.99. The Labute approximate surface area is 127 Å². The lowest BCUT2D eigenvalue weighted by atomic mass is 10.1. The molecule has 0 saturated carbocycles. The molecular formula is C16H17NO3S. The van der Waals surface area contributed by atoms with E-state index in [0.717, 1.165) is 10.4 Å². The lowest BCUT2D eigenvalue weighted by Gasteiger charge is -2.10. The van der Waals surface area contributed by atoms with Crippen LogP contribution in [-0.2, 0) is 16.0 Å². The van der Waals surface area contributed by atoms with Gasteiger partial charge < -0.3 is 10.1 Å². The molecule has 1 heterocycles. The fraction of sp³-hybridized carbons (Fsp3) is 0.250. The molecule has 0 aliphatic heterocycles. The van der Waals surface area contributed by atoms with Crippen LogP contribution in [0.5, 0.6) is 0 Å². The number of benzene rings is 1. The molecule has 0 radical (unpaired) electrons. The number of aryl methyl sites for hydroxylation is 1. The highest BCUT2D eigenvalue weighted by molar-refractivity contribution is 7.10. The Morgan fingerprint density at radius 1 is 1.29 bits per heavy atom. The summed E-state index contributed by atoms with van der Waals surface area (Å²) >= 11 is 1.55. The highest BCUT2D eigenvalue weighted by Crippen LogP contribution is 2.18. The molecule has 0 bridgehead atoms. The number of thiophene rings is 1. The Bertz CT molecular complexity index is 635. The highest BCUT2D eigenvalue weighted by Gasteiger charge is 2.11. The normalized spacial score (nSPS) is 10.2. The first-order valence-corrected chi connectivity index (χ1v) is 7.58. The van der Waals surface area contributed by atoms with Crippen LogP contribution in [0.15, 0.2) is 35.7 Å². The molecule has 4 nitrogen and oxygen atoms in total. The van der Waals surface area contributed by atoms with Crippen molar-refractivity contribution < 1.29 is 14.3 Å². The predicted molar refractivity (Wildman–Crippen MR) is 83.8 cm³/mol. The van der Waals surface area contributed by atoms with Gasteiger partial charge in [0.05, 0.1) is 18.6 Å². The lowest BCUT2D eigenvalue weighted by molar-refractivity contribution is -0.115. The Morgan fingerprint density at radius 3 is 2.76 bits per heavy atom. The molecule has 110 valence electrons. The maximum Gasteiger partial charge on any atom is 0.338 e. The summed E-state index contributed by atoms with van der Waals surface area (Å²) in [5, 5.41) is 4.79. The molecule has 2 rings (SSSR count). The number of nitrogens with one attached hydrogen (secondary N) is 1. The molecule has 5 heteroatoms. The molecule has 2 aromatic rings. The van der Waals surface area contributed by atoms with Gasteiger partial charge in [0, 0.05) is 10.6 Å². The second kappa shape index (κ2) is 7.04. The quantitative estimate of drug-likeness (QED) is 0.861. The van der Waals surface area contributed by atoms with Gasteiger partial charge in [-0.15, -0.1) is 11.3 Å². The van der Waals surface area contributed by atoms with Crippen molar-refractivity contribution in [2.24, 2.45) is 0 Å². The van der Waals surface area contributed by atoms with Gasteiger partial charge in [0.25, 0.3) is 0 Å². The van der Waals surface area contributed by atoms with Crippen molar-refractivity contribution in [3.63, 3.8) is 0 Å². The van der Waals surface area contributed by atoms with Gasteiger partial charge in [-0.05, 0) is 43.0 Å². The third-order valence-corrected chi connectivity index (χ3v) is 3.81. The van der Waals surface area contributed by atoms with Crippen LogP contribution < -0.4 is 5.32 Å². The Kier molecular flexibility index (Phi) is 5.11. The van der Waals surface area contributed by atoms with Gasteiger partial charge in [0.15, 0.2) is 0 Å². The first-order chi connectivity index (χ1) is 10.1. The van der Waals surface area contributed by atoms with E-state index in [1.54, 1.807) is 36.5 Å². The van der Waals surface area contributed by atoms with Crippen LogP contribution in [0.2, 0.25) is 0 Å². The van der Waals surface area contributed by atoms with Crippen molar-refractivity contribution in [3.05, 3.63) is 51.7 Å². The SMILES string of the molecule is CCOC(=O)c1ccc(C)c(NC(=O)Cc2cccs2)c1. The molecule has 0 atom stereocenters. The minimum atomic E-state index is -0.383. The number of hydrogen-bond donors (Lipinski definition) is 1. The summed E-state index contributed by atoms with van der Waals surface area (Å²) in [4.78, 5) is 24.7. The topological polar surface area (TPSA) is 55.4 Å². The van der Waals surface area contributed by atoms with E-state index in [-0.39, 0.29) is 11.9 Å². The largest absolute Gasteiger partial charge is 0.462 e. The highest BCUT2D eigenvalue weighted by atomic mass is 32.1. The standard InChI is InChI=1S/C16H17NO3S/c1-3-20-16(19)12-7-6-11(2)14(9-12)17-15(18)10-13-5-4-8-21-13/h4-9H,3,10H2,1-2H3,(H,17,18). The van der Waals surface area contributed by atoms with Gasteiger partial charge in [0.2, 0.25) is 5.91 Å². The van der Waals surface area contributed by atoms with E-state index in [1.807, 2.05) is 24.4 Å². The third-order valence-electron chi connectivity index (χ3n) is 2.94. The number of carbonyl (C=O) groups is 2. The van der Waals surface area contributed by atoms with Gasteiger partial charge in [-0.25, -0.2) is 4.79 Å². The maximum atomic E-state index is 12.0. The first kappa shape index (κ1) is 15.3. The molecule has 0 spiro atoms. The van der Waals surface area contributed by atoms with Crippen molar-refractivity contribution in [3.8, 4) is 0 Å². The number of carbonyl (C=O) groups excluding carboxylic acids is 2. The summed E-state index contributed by atoms with van der Waals surface area (Å²) in [5.41, 5.74) is 1.98. The zero-order valence-electron chi connectivity index (χ0n) is 12.0. The fourth-order valence-corrected chi connectivity index (χ4v) is 2.57. The van der Waals surface area contributed by atoms with E-state index in [4.69, 9.17) is 4.74 Å². The van der Waals surface area contributed by atoms with Crippen molar-refractivity contribution >= 4 is 28.9 Å². The van der Waals surface area contributed by atoms with Crippen LogP contribution in [0.3, 0.4) is 0 Å². The monoisotopic (exact) mass is 303 g/mol. The van der Waals surface area contributed by atoms with Crippen LogP contribution in [0, 0.1) is 6.92 Å². The van der Waals surface area contributed by atoms with Gasteiger partial charge in [-0.3, -0.25) is 4.79 Å². The number of esters is 1. The zero-order chi connectivity index (χ0) is 15.2. The molecular weight excluding hydrogens is 286 g/mol. The third kappa shape index (κ3) is 4.16. The van der Waals surface area contributed by atoms with Gasteiger partial charge >= 0.3 is 5.97 Å². The summed E-state index contributed by atoms with van der Waals surface area (Å²) in [6.45, 7) is 3.97. The summed E-state index contributed by atoms with van der Waals surface area (Å²) in [6.07, 6.45) is 0.334. The van der Waals surface area contributed by atoms with Crippen molar-refractivity contribution in [1.82, 2.24) is 0 Å². The number of amides is 1. The van der Waals surface area contributed by atoms with E-state index in [2.05, 4.69) is 5.32 Å². The zero-order valence-corrected chi connectivity index (χ0v) is 12.8. The van der Waals surface area contributed by atoms with Crippen molar-refractivity contribution in [1.29, 1.82) is 0 Å². The van der Waals surface area contributed by atoms with E-state index < -0.39 is 0 Å². The van der Waals surface area contributed by atoms with E-state index >= 15 is 0 Å². The summed E-state index contributed by atoms with van der Waals surface area (Å²) in [5.74, 6) is -0.479. The fourth-order valence-electron chi connectivity index (χ4n) is 1.86. The molecule has 1 aromatic heterocycles. The first-order valence-electron chi connectivity index (χ1n) is 6.70. The number of rotatable bonds is 5. The minimum absolute atomic E-state index is 0.0958. The van der Waals surface area contributed by atoms with Gasteiger partial charge in [-0.1, -0.05) is 12.1 Å². The Balaban J connectivity index is 2.09. The molecule has 1 N–H and O–H groups in total. The Morgan fingerprint density at radius 2 is 2.10 bits per heavy atom. The van der Waals surface area contributed by atoms with Crippen LogP contribution >= 0.6 is 11.3 Å². The van der Waals surface area contributed by atoms with E-state index in [0.29, 0.717) is 24.3 Å². The lowest BCUT2D eigenvalue weighted by Crippen LogP contribution is -2.15. The molecule has 21 heavy (non-hydrogen) atoms. The molecule has 0 saturated heterocycles. The molecule has 0 unspecified atom stereocenters. The minimum Gasteiger partial charge on any atom is -0.462 e. The second-order valence-corrected chi connectivity index (χ2v) is 5.59. The second-order valence-electron chi connectivity index (χ2n) is 4.55. The number of hydrogen-bond acceptors (Lipinski definition) is 4. The van der Waals surface area contributed by atoms with Crippen LogP contribution in [0.1, 0.15) is 27.7 Å². The number of ether oxygens (including phenoxy) is 1. The average Bonchev–Trinajstić information content (AvgIpc) is 2.94. The maximum absolute atomic E-state index is 12.0. The predicted octanol–water partition coefficient (Wildman–Crippen LogP) is 3.41. The van der Waals surface area contributed by atoms with Gasteiger partial charge in [0.1, 0.15) is 0 Å². The molecule has 0 aliphatic carbocycles. The Hall–Kier alpha value is -2.14. The van der Waals surface area contributed by atoms with Crippen LogP contribution in [0.4, 0.5) is 5.69 Å². The molecule has 0 fully saturated rings. The van der Waals surface area contributed by atoms with Crippen LogP contribution in [-0.4, -0.2) is 18.5 Å². The molecule has 1 amide bonds. The average molecular weight is 303 g/mol.